The van der Waals surface area contributed by atoms with Crippen molar-refractivity contribution in [3.8, 4) is 0 Å². The highest BCUT2D eigenvalue weighted by Crippen LogP contribution is 2.27. The van der Waals surface area contributed by atoms with Crippen molar-refractivity contribution in [2.75, 3.05) is 5.32 Å². The molecule has 1 aromatic heterocycles. The van der Waals surface area contributed by atoms with Crippen molar-refractivity contribution >= 4 is 33.5 Å². The first-order valence-electron chi connectivity index (χ1n) is 5.65. The minimum Gasteiger partial charge on any atom is -0.368 e. The van der Waals surface area contributed by atoms with E-state index >= 15 is 0 Å². The molecular weight excluding hydrogens is 310 g/mol. The van der Waals surface area contributed by atoms with E-state index in [4.69, 9.17) is 0 Å². The molecule has 1 heterocycles. The van der Waals surface area contributed by atoms with Gasteiger partial charge in [-0.3, -0.25) is 0 Å². The highest BCUT2D eigenvalue weighted by atomic mass is 79.9. The van der Waals surface area contributed by atoms with E-state index in [9.17, 15) is 0 Å². The molecule has 0 unspecified atom stereocenters. The molecule has 0 fully saturated rings. The van der Waals surface area contributed by atoms with Gasteiger partial charge in [0, 0.05) is 21.5 Å². The lowest BCUT2D eigenvalue weighted by atomic mass is 10.4. The maximum Gasteiger partial charge on any atom is 0.130 e. The average Bonchev–Trinajstić information content (AvgIpc) is 2.32. The van der Waals surface area contributed by atoms with Gasteiger partial charge in [0.15, 0.2) is 0 Å². The van der Waals surface area contributed by atoms with Crippen LogP contribution in [0, 0.1) is 0 Å². The van der Waals surface area contributed by atoms with Gasteiger partial charge in [-0.2, -0.15) is 0 Å². The molecule has 0 amide bonds. The molecule has 0 bridgehead atoms. The highest BCUT2D eigenvalue weighted by molar-refractivity contribution is 9.10. The fraction of sp³-hybridized carbons (Fsp3) is 0.231. The minimum atomic E-state index is 0.366. The smallest absolute Gasteiger partial charge is 0.130 e. The second kappa shape index (κ2) is 6.20. The molecule has 0 saturated heterocycles. The van der Waals surface area contributed by atoms with E-state index < -0.39 is 0 Å². The maximum absolute atomic E-state index is 4.26. The van der Waals surface area contributed by atoms with Crippen molar-refractivity contribution in [1.82, 2.24) is 9.97 Å². The Morgan fingerprint density at radius 3 is 2.56 bits per heavy atom. The Balaban J connectivity index is 2.11. The van der Waals surface area contributed by atoms with Crippen molar-refractivity contribution in [2.45, 2.75) is 29.8 Å². The van der Waals surface area contributed by atoms with E-state index in [0.717, 1.165) is 20.2 Å². The van der Waals surface area contributed by atoms with Crippen LogP contribution < -0.4 is 5.32 Å². The van der Waals surface area contributed by atoms with Crippen LogP contribution in [-0.4, -0.2) is 16.0 Å². The lowest BCUT2D eigenvalue weighted by Gasteiger charge is -2.09. The van der Waals surface area contributed by atoms with Crippen molar-refractivity contribution in [1.29, 1.82) is 0 Å². The Kier molecular flexibility index (Phi) is 4.60. The van der Waals surface area contributed by atoms with Gasteiger partial charge in [-0.05, 0) is 38.1 Å². The fourth-order valence-electron chi connectivity index (χ4n) is 1.39. The Labute approximate surface area is 120 Å². The number of nitrogens with one attached hydrogen (secondary N) is 1. The van der Waals surface area contributed by atoms with Gasteiger partial charge in [0.1, 0.15) is 17.2 Å². The average molecular weight is 324 g/mol. The first-order chi connectivity index (χ1) is 8.63. The van der Waals surface area contributed by atoms with Crippen LogP contribution in [-0.2, 0) is 0 Å². The summed E-state index contributed by atoms with van der Waals surface area (Å²) in [6, 6.07) is 10.5. The number of anilines is 1. The third kappa shape index (κ3) is 3.99. The molecule has 1 N–H and O–H groups in total. The second-order valence-corrected chi connectivity index (χ2v) is 6.11. The summed E-state index contributed by atoms with van der Waals surface area (Å²) in [6.45, 7) is 4.17. The summed E-state index contributed by atoms with van der Waals surface area (Å²) in [4.78, 5) is 9.62. The molecule has 0 radical (unpaired) electrons. The summed E-state index contributed by atoms with van der Waals surface area (Å²) >= 11 is 5.05. The molecule has 2 rings (SSSR count). The van der Waals surface area contributed by atoms with Gasteiger partial charge >= 0.3 is 0 Å². The van der Waals surface area contributed by atoms with E-state index in [1.165, 1.54) is 0 Å². The standard InChI is InChI=1S/C13H14BrN3S/c1-9(2)17-12-7-13(16-8-15-12)18-11-5-3-10(14)4-6-11/h3-9H,1-2H3,(H,15,16,17). The molecule has 94 valence electrons. The van der Waals surface area contributed by atoms with Crippen molar-refractivity contribution in [2.24, 2.45) is 0 Å². The molecule has 5 heteroatoms. The quantitative estimate of drug-likeness (QED) is 0.855. The van der Waals surface area contributed by atoms with E-state index in [1.807, 2.05) is 18.2 Å². The Bertz CT molecular complexity index is 514. The predicted octanol–water partition coefficient (Wildman–Crippen LogP) is 4.21. The number of aromatic nitrogens is 2. The summed E-state index contributed by atoms with van der Waals surface area (Å²) in [6.07, 6.45) is 1.59. The largest absolute Gasteiger partial charge is 0.368 e. The summed E-state index contributed by atoms with van der Waals surface area (Å²) in [7, 11) is 0. The normalized spacial score (nSPS) is 10.7. The number of benzene rings is 1. The zero-order chi connectivity index (χ0) is 13.0. The molecular formula is C13H14BrN3S. The van der Waals surface area contributed by atoms with Crippen LogP contribution >= 0.6 is 27.7 Å². The molecule has 1 aromatic carbocycles. The number of hydrogen-bond acceptors (Lipinski definition) is 4. The van der Waals surface area contributed by atoms with E-state index in [1.54, 1.807) is 18.1 Å². The van der Waals surface area contributed by atoms with E-state index in [0.29, 0.717) is 6.04 Å². The van der Waals surface area contributed by atoms with Gasteiger partial charge in [-0.25, -0.2) is 9.97 Å². The van der Waals surface area contributed by atoms with Crippen LogP contribution in [0.5, 0.6) is 0 Å². The van der Waals surface area contributed by atoms with Gasteiger partial charge < -0.3 is 5.32 Å². The van der Waals surface area contributed by atoms with Crippen molar-refractivity contribution < 1.29 is 0 Å². The van der Waals surface area contributed by atoms with Gasteiger partial charge in [-0.15, -0.1) is 0 Å². The maximum atomic E-state index is 4.26. The number of rotatable bonds is 4. The van der Waals surface area contributed by atoms with Crippen LogP contribution in [0.1, 0.15) is 13.8 Å². The van der Waals surface area contributed by atoms with Crippen LogP contribution in [0.4, 0.5) is 5.82 Å². The first kappa shape index (κ1) is 13.4. The Morgan fingerprint density at radius 2 is 1.89 bits per heavy atom. The number of nitrogens with zero attached hydrogens (tertiary/aromatic N) is 2. The third-order valence-corrected chi connectivity index (χ3v) is 3.58. The molecule has 0 aliphatic heterocycles. The molecule has 3 nitrogen and oxygen atoms in total. The van der Waals surface area contributed by atoms with E-state index in [-0.39, 0.29) is 0 Å². The van der Waals surface area contributed by atoms with Crippen LogP contribution in [0.25, 0.3) is 0 Å². The predicted molar refractivity (Wildman–Crippen MR) is 79.1 cm³/mol. The Morgan fingerprint density at radius 1 is 1.17 bits per heavy atom. The zero-order valence-electron chi connectivity index (χ0n) is 10.2. The fourth-order valence-corrected chi connectivity index (χ4v) is 2.44. The van der Waals surface area contributed by atoms with Crippen LogP contribution in [0.2, 0.25) is 0 Å². The first-order valence-corrected chi connectivity index (χ1v) is 7.26. The summed E-state index contributed by atoms with van der Waals surface area (Å²) in [5.74, 6) is 0.861. The molecule has 0 saturated carbocycles. The van der Waals surface area contributed by atoms with Gasteiger partial charge in [0.05, 0.1) is 0 Å². The Hall–Kier alpha value is -1.07. The number of hydrogen-bond donors (Lipinski definition) is 1. The molecule has 0 aliphatic carbocycles. The summed E-state index contributed by atoms with van der Waals surface area (Å²) < 4.78 is 1.08. The van der Waals surface area contributed by atoms with Crippen molar-refractivity contribution in [3.05, 3.63) is 41.1 Å². The molecule has 0 spiro atoms. The van der Waals surface area contributed by atoms with Gasteiger partial charge in [-0.1, -0.05) is 27.7 Å². The van der Waals surface area contributed by atoms with Gasteiger partial charge in [0.2, 0.25) is 0 Å². The topological polar surface area (TPSA) is 37.8 Å². The summed E-state index contributed by atoms with van der Waals surface area (Å²) in [5.41, 5.74) is 0. The zero-order valence-corrected chi connectivity index (χ0v) is 12.6. The lowest BCUT2D eigenvalue weighted by molar-refractivity contribution is 0.880. The van der Waals surface area contributed by atoms with Crippen LogP contribution in [0.3, 0.4) is 0 Å². The second-order valence-electron chi connectivity index (χ2n) is 4.10. The molecule has 0 aliphatic rings. The monoisotopic (exact) mass is 323 g/mol. The number of halogens is 1. The highest BCUT2D eigenvalue weighted by Gasteiger charge is 2.02. The molecule has 18 heavy (non-hydrogen) atoms. The van der Waals surface area contributed by atoms with E-state index in [2.05, 4.69) is 57.2 Å². The minimum absolute atomic E-state index is 0.366. The SMILES string of the molecule is CC(C)Nc1cc(Sc2ccc(Br)cc2)ncn1. The summed E-state index contributed by atoms with van der Waals surface area (Å²) in [5, 5.41) is 4.21. The molecule has 0 atom stereocenters. The van der Waals surface area contributed by atoms with Crippen molar-refractivity contribution in [3.63, 3.8) is 0 Å². The lowest BCUT2D eigenvalue weighted by Crippen LogP contribution is -2.11. The van der Waals surface area contributed by atoms with Gasteiger partial charge in [0.25, 0.3) is 0 Å². The molecule has 2 aromatic rings. The van der Waals surface area contributed by atoms with Crippen LogP contribution in [0.15, 0.2) is 51.1 Å². The third-order valence-electron chi connectivity index (χ3n) is 2.11.